The van der Waals surface area contributed by atoms with Gasteiger partial charge in [0.15, 0.2) is 5.82 Å². The number of hydrogen-bond donors (Lipinski definition) is 0. The Balaban J connectivity index is 1.04. The normalized spacial score (nSPS) is 15.7. The number of aromatic nitrogens is 2. The highest BCUT2D eigenvalue weighted by Crippen LogP contribution is 2.55. The van der Waals surface area contributed by atoms with Gasteiger partial charge < -0.3 is 0 Å². The molecule has 1 unspecified atom stereocenters. The van der Waals surface area contributed by atoms with Gasteiger partial charge in [0, 0.05) is 27.5 Å². The Kier molecular flexibility index (Phi) is 7.74. The molecule has 2 nitrogen and oxygen atoms in total. The zero-order chi connectivity index (χ0) is 40.9. The SMILES string of the molecule is CC1(C)c2ccc(-c3ccc(-c4nc(-c5ccccc5)cc(-c5cccc6c5-c5ccccc5C6(C)c5ccccc5)n4)c4ccccc34)cc2-c2cc3ccccc3cc21. The maximum atomic E-state index is 5.52. The summed E-state index contributed by atoms with van der Waals surface area (Å²) in [6.07, 6.45) is 0. The molecule has 12 rings (SSSR count). The van der Waals surface area contributed by atoms with Crippen molar-refractivity contribution in [2.24, 2.45) is 0 Å². The third-order valence-corrected chi connectivity index (χ3v) is 13.8. The van der Waals surface area contributed by atoms with Crippen molar-refractivity contribution in [3.63, 3.8) is 0 Å². The number of benzene rings is 9. The molecule has 0 amide bonds. The second-order valence-electron chi connectivity index (χ2n) is 17.4. The molecule has 0 radical (unpaired) electrons. The van der Waals surface area contributed by atoms with E-state index < -0.39 is 0 Å². The lowest BCUT2D eigenvalue weighted by atomic mass is 9.74. The van der Waals surface area contributed by atoms with Gasteiger partial charge in [-0.05, 0) is 120 Å². The molecule has 1 aromatic heterocycles. The van der Waals surface area contributed by atoms with Gasteiger partial charge in [-0.15, -0.1) is 0 Å². The third-order valence-electron chi connectivity index (χ3n) is 13.8. The van der Waals surface area contributed by atoms with Gasteiger partial charge in [-0.2, -0.15) is 0 Å². The standard InChI is InChI=1S/C59H42N2/c1-58(2)50-32-29-40(34-48(50)49-33-38-19-10-11-20-39(38)35-53(49)58)42-30-31-45(44-24-13-12-23-43(42)44)57-60-54(37-17-6-4-7-18-37)36-55(61-57)47-26-16-28-52-56(47)46-25-14-15-27-51(46)59(52,3)41-21-8-5-9-22-41/h4-36H,1-3H3. The van der Waals surface area contributed by atoms with Gasteiger partial charge in [0.05, 0.1) is 11.4 Å². The first-order valence-corrected chi connectivity index (χ1v) is 21.3. The van der Waals surface area contributed by atoms with Gasteiger partial charge in [-0.3, -0.25) is 0 Å². The molecule has 0 bridgehead atoms. The third kappa shape index (κ3) is 5.28. The van der Waals surface area contributed by atoms with Crippen molar-refractivity contribution in [1.29, 1.82) is 0 Å². The Morgan fingerprint density at radius 1 is 0.344 bits per heavy atom. The van der Waals surface area contributed by atoms with Crippen LogP contribution >= 0.6 is 0 Å². The van der Waals surface area contributed by atoms with Crippen LogP contribution in [0.1, 0.15) is 48.6 Å². The van der Waals surface area contributed by atoms with Crippen molar-refractivity contribution >= 4 is 21.5 Å². The minimum Gasteiger partial charge on any atom is -0.228 e. The Labute approximate surface area is 356 Å². The summed E-state index contributed by atoms with van der Waals surface area (Å²) in [5, 5.41) is 4.87. The molecule has 0 spiro atoms. The van der Waals surface area contributed by atoms with Crippen molar-refractivity contribution in [2.45, 2.75) is 31.6 Å². The fourth-order valence-corrected chi connectivity index (χ4v) is 10.7. The zero-order valence-electron chi connectivity index (χ0n) is 34.4. The Morgan fingerprint density at radius 2 is 0.951 bits per heavy atom. The van der Waals surface area contributed by atoms with Crippen LogP contribution in [-0.4, -0.2) is 9.97 Å². The molecule has 61 heavy (non-hydrogen) atoms. The zero-order valence-corrected chi connectivity index (χ0v) is 34.4. The molecular weight excluding hydrogens is 737 g/mol. The van der Waals surface area contributed by atoms with E-state index in [1.165, 1.54) is 77.4 Å². The lowest BCUT2D eigenvalue weighted by molar-refractivity contribution is 0.661. The summed E-state index contributed by atoms with van der Waals surface area (Å²) in [7, 11) is 0. The molecule has 0 fully saturated rings. The Hall–Kier alpha value is -7.42. The molecule has 0 N–H and O–H groups in total. The van der Waals surface area contributed by atoms with Gasteiger partial charge in [0.2, 0.25) is 0 Å². The van der Waals surface area contributed by atoms with Crippen molar-refractivity contribution < 1.29 is 0 Å². The summed E-state index contributed by atoms with van der Waals surface area (Å²) in [5.74, 6) is 0.713. The van der Waals surface area contributed by atoms with Crippen molar-refractivity contribution in [1.82, 2.24) is 9.97 Å². The van der Waals surface area contributed by atoms with E-state index in [4.69, 9.17) is 9.97 Å². The maximum Gasteiger partial charge on any atom is 0.161 e. The van der Waals surface area contributed by atoms with Crippen LogP contribution in [-0.2, 0) is 10.8 Å². The van der Waals surface area contributed by atoms with Gasteiger partial charge in [-0.25, -0.2) is 9.97 Å². The molecule has 0 aliphatic heterocycles. The Bertz CT molecular complexity index is 3400. The van der Waals surface area contributed by atoms with E-state index in [0.717, 1.165) is 33.5 Å². The van der Waals surface area contributed by atoms with Crippen LogP contribution < -0.4 is 0 Å². The van der Waals surface area contributed by atoms with E-state index in [1.54, 1.807) is 0 Å². The summed E-state index contributed by atoms with van der Waals surface area (Å²) in [4.78, 5) is 10.9. The first-order valence-electron chi connectivity index (χ1n) is 21.3. The average Bonchev–Trinajstić information content (AvgIpc) is 3.71. The van der Waals surface area contributed by atoms with Crippen molar-refractivity contribution in [2.75, 3.05) is 0 Å². The van der Waals surface area contributed by atoms with Crippen LogP contribution in [0.3, 0.4) is 0 Å². The molecule has 2 heteroatoms. The average molecular weight is 779 g/mol. The van der Waals surface area contributed by atoms with Crippen molar-refractivity contribution in [3.05, 3.63) is 228 Å². The molecule has 2 aliphatic rings. The van der Waals surface area contributed by atoms with Crippen LogP contribution in [0.4, 0.5) is 0 Å². The lowest BCUT2D eigenvalue weighted by Crippen LogP contribution is -2.22. The second kappa shape index (κ2) is 13.3. The highest BCUT2D eigenvalue weighted by atomic mass is 14.9. The summed E-state index contributed by atoms with van der Waals surface area (Å²) in [6, 6.07) is 73.1. The minimum absolute atomic E-state index is 0.0842. The van der Waals surface area contributed by atoms with Gasteiger partial charge in [0.25, 0.3) is 0 Å². The van der Waals surface area contributed by atoms with Crippen LogP contribution in [0.25, 0.3) is 88.8 Å². The van der Waals surface area contributed by atoms with E-state index in [0.29, 0.717) is 5.82 Å². The van der Waals surface area contributed by atoms with E-state index >= 15 is 0 Å². The number of nitrogens with zero attached hydrogens (tertiary/aromatic N) is 2. The molecule has 9 aromatic carbocycles. The van der Waals surface area contributed by atoms with Gasteiger partial charge >= 0.3 is 0 Å². The van der Waals surface area contributed by atoms with E-state index in [-0.39, 0.29) is 10.8 Å². The molecule has 0 saturated carbocycles. The smallest absolute Gasteiger partial charge is 0.161 e. The topological polar surface area (TPSA) is 25.8 Å². The minimum atomic E-state index is -0.309. The number of fused-ring (bicyclic) bond motifs is 8. The summed E-state index contributed by atoms with van der Waals surface area (Å²) >= 11 is 0. The first-order chi connectivity index (χ1) is 29.9. The molecule has 1 heterocycles. The monoisotopic (exact) mass is 778 g/mol. The van der Waals surface area contributed by atoms with Gasteiger partial charge in [-0.1, -0.05) is 184 Å². The summed E-state index contributed by atoms with van der Waals surface area (Å²) < 4.78 is 0. The van der Waals surface area contributed by atoms with Crippen LogP contribution in [0.2, 0.25) is 0 Å². The molecule has 1 atom stereocenters. The largest absolute Gasteiger partial charge is 0.228 e. The second-order valence-corrected chi connectivity index (χ2v) is 17.4. The van der Waals surface area contributed by atoms with Crippen LogP contribution in [0.5, 0.6) is 0 Å². The quantitative estimate of drug-likeness (QED) is 0.174. The number of rotatable bonds is 5. The molecule has 10 aromatic rings. The predicted octanol–water partition coefficient (Wildman–Crippen LogP) is 15.1. The Morgan fingerprint density at radius 3 is 1.75 bits per heavy atom. The maximum absolute atomic E-state index is 5.52. The van der Waals surface area contributed by atoms with Gasteiger partial charge in [0.1, 0.15) is 0 Å². The highest BCUT2D eigenvalue weighted by Gasteiger charge is 2.42. The molecular formula is C59H42N2. The van der Waals surface area contributed by atoms with Crippen LogP contribution in [0, 0.1) is 0 Å². The highest BCUT2D eigenvalue weighted by molar-refractivity contribution is 6.05. The fourth-order valence-electron chi connectivity index (χ4n) is 10.7. The fraction of sp³-hybridized carbons (Fsp3) is 0.0847. The van der Waals surface area contributed by atoms with E-state index in [1.807, 2.05) is 0 Å². The summed E-state index contributed by atoms with van der Waals surface area (Å²) in [6.45, 7) is 7.09. The van der Waals surface area contributed by atoms with Crippen molar-refractivity contribution in [3.8, 4) is 67.3 Å². The van der Waals surface area contributed by atoms with E-state index in [9.17, 15) is 0 Å². The van der Waals surface area contributed by atoms with E-state index in [2.05, 4.69) is 221 Å². The lowest BCUT2D eigenvalue weighted by Gasteiger charge is -2.28. The summed E-state index contributed by atoms with van der Waals surface area (Å²) in [5.41, 5.74) is 18.8. The molecule has 288 valence electrons. The number of hydrogen-bond acceptors (Lipinski definition) is 2. The first kappa shape index (κ1) is 35.5. The van der Waals surface area contributed by atoms with Crippen LogP contribution in [0.15, 0.2) is 200 Å². The molecule has 0 saturated heterocycles. The predicted molar refractivity (Wildman–Crippen MR) is 254 cm³/mol. The molecule has 2 aliphatic carbocycles.